The highest BCUT2D eigenvalue weighted by Gasteiger charge is 2.23. The molecule has 0 bridgehead atoms. The van der Waals surface area contributed by atoms with Gasteiger partial charge in [0, 0.05) is 12.1 Å². The molecule has 3 rings (SSSR count). The first kappa shape index (κ1) is 31.0. The van der Waals surface area contributed by atoms with E-state index in [2.05, 4.69) is 25.3 Å². The number of carbonyl (C=O) groups excluding carboxylic acids is 3. The van der Waals surface area contributed by atoms with Gasteiger partial charge in [0.15, 0.2) is 6.61 Å². The molecule has 0 aliphatic carbocycles. The molecule has 13 heteroatoms. The quantitative estimate of drug-likeness (QED) is 0.167. The van der Waals surface area contributed by atoms with Crippen molar-refractivity contribution in [1.29, 1.82) is 0 Å². The van der Waals surface area contributed by atoms with Gasteiger partial charge in [-0.15, -0.1) is 0 Å². The Morgan fingerprint density at radius 3 is 2.54 bits per heavy atom. The lowest BCUT2D eigenvalue weighted by Gasteiger charge is -2.16. The van der Waals surface area contributed by atoms with Gasteiger partial charge < -0.3 is 25.5 Å². The summed E-state index contributed by atoms with van der Waals surface area (Å²) in [6, 6.07) is 7.84. The number of imidazole rings is 1. The maximum absolute atomic E-state index is 14.3. The lowest BCUT2D eigenvalue weighted by atomic mass is 10.1. The molecular formula is C28H27ClF2N4O6. The van der Waals surface area contributed by atoms with Gasteiger partial charge >= 0.3 is 11.9 Å². The highest BCUT2D eigenvalue weighted by Crippen LogP contribution is 2.20. The van der Waals surface area contributed by atoms with Crippen LogP contribution in [0.25, 0.3) is 0 Å². The topological polar surface area (TPSA) is 150 Å². The normalized spacial score (nSPS) is 11.7. The molecule has 0 radical (unpaired) electrons. The van der Waals surface area contributed by atoms with Gasteiger partial charge in [0.05, 0.1) is 18.7 Å². The van der Waals surface area contributed by atoms with Crippen molar-refractivity contribution in [3.8, 4) is 0 Å². The smallest absolute Gasteiger partial charge is 0.341 e. The van der Waals surface area contributed by atoms with Crippen LogP contribution in [0.3, 0.4) is 0 Å². The van der Waals surface area contributed by atoms with E-state index in [0.717, 1.165) is 12.1 Å². The molecule has 0 spiro atoms. The zero-order chi connectivity index (χ0) is 29.9. The number of amides is 2. The van der Waals surface area contributed by atoms with Crippen LogP contribution in [0.1, 0.15) is 52.6 Å². The number of allylic oxidation sites excluding steroid dienone is 1. The van der Waals surface area contributed by atoms with Crippen LogP contribution in [-0.4, -0.2) is 45.4 Å². The Kier molecular flexibility index (Phi) is 11.1. The SMILES string of the molecule is Cc1cc(F)c(C(=O)N[C@@H](C/C=C/CCC(=O)Nc2cccc(CC(=O)OCC(=O)O)c2)c2ncc(Cl)[nH]2)c(F)c1. The second-order valence-corrected chi connectivity index (χ2v) is 9.38. The maximum Gasteiger partial charge on any atom is 0.341 e. The van der Waals surface area contributed by atoms with Crippen LogP contribution in [0.4, 0.5) is 14.5 Å². The van der Waals surface area contributed by atoms with Gasteiger partial charge in [-0.1, -0.05) is 35.9 Å². The molecule has 2 aromatic carbocycles. The Hall–Kier alpha value is -4.58. The number of carboxylic acids is 1. The van der Waals surface area contributed by atoms with Crippen LogP contribution in [0.2, 0.25) is 5.15 Å². The third-order valence-electron chi connectivity index (χ3n) is 5.61. The van der Waals surface area contributed by atoms with Crippen molar-refractivity contribution in [2.45, 2.75) is 38.6 Å². The molecule has 3 aromatic rings. The van der Waals surface area contributed by atoms with E-state index in [9.17, 15) is 28.0 Å². The number of aliphatic carboxylic acids is 1. The molecule has 0 saturated heterocycles. The number of H-pyrrole nitrogens is 1. The highest BCUT2D eigenvalue weighted by molar-refractivity contribution is 6.29. The maximum atomic E-state index is 14.3. The molecule has 0 aliphatic rings. The Labute approximate surface area is 238 Å². The molecule has 41 heavy (non-hydrogen) atoms. The van der Waals surface area contributed by atoms with E-state index in [0.29, 0.717) is 23.2 Å². The van der Waals surface area contributed by atoms with Crippen molar-refractivity contribution in [2.24, 2.45) is 0 Å². The third kappa shape index (κ3) is 9.84. The number of aromatic nitrogens is 2. The molecule has 10 nitrogen and oxygen atoms in total. The summed E-state index contributed by atoms with van der Waals surface area (Å²) in [6.07, 6.45) is 5.24. The van der Waals surface area contributed by atoms with Crippen LogP contribution < -0.4 is 10.6 Å². The fourth-order valence-electron chi connectivity index (χ4n) is 3.78. The standard InChI is InChI=1S/C28H27ClF2N4O6/c1-16-10-19(30)26(20(31)11-16)28(40)34-21(27-32-14-22(29)35-27)8-3-2-4-9-23(36)33-18-7-5-6-17(12-18)13-25(39)41-15-24(37)38/h2-3,5-7,10-12,14,21H,4,8-9,13,15H2,1H3,(H,32,35)(H,33,36)(H,34,40)(H,37,38)/b3-2+/t21-/m0/s1. The molecule has 2 amide bonds. The van der Waals surface area contributed by atoms with E-state index < -0.39 is 47.7 Å². The number of anilines is 1. The minimum atomic E-state index is -1.26. The van der Waals surface area contributed by atoms with Gasteiger partial charge in [0.1, 0.15) is 28.2 Å². The van der Waals surface area contributed by atoms with Crippen LogP contribution >= 0.6 is 11.6 Å². The largest absolute Gasteiger partial charge is 0.479 e. The number of esters is 1. The third-order valence-corrected chi connectivity index (χ3v) is 5.80. The van der Waals surface area contributed by atoms with Crippen molar-refractivity contribution in [1.82, 2.24) is 15.3 Å². The average Bonchev–Trinajstić information content (AvgIpc) is 3.32. The summed E-state index contributed by atoms with van der Waals surface area (Å²) >= 11 is 5.91. The van der Waals surface area contributed by atoms with Crippen molar-refractivity contribution < 1.29 is 37.8 Å². The molecule has 0 unspecified atom stereocenters. The number of hydrogen-bond donors (Lipinski definition) is 4. The number of aryl methyl sites for hydroxylation is 1. The first-order valence-corrected chi connectivity index (χ1v) is 12.8. The zero-order valence-corrected chi connectivity index (χ0v) is 22.6. The molecular weight excluding hydrogens is 562 g/mol. The van der Waals surface area contributed by atoms with E-state index in [4.69, 9.17) is 16.7 Å². The predicted octanol–water partition coefficient (Wildman–Crippen LogP) is 4.66. The van der Waals surface area contributed by atoms with E-state index in [1.165, 1.54) is 13.1 Å². The summed E-state index contributed by atoms with van der Waals surface area (Å²) in [5.74, 6) is -4.90. The number of aromatic amines is 1. The highest BCUT2D eigenvalue weighted by atomic mass is 35.5. The number of nitrogens with one attached hydrogen (secondary N) is 3. The van der Waals surface area contributed by atoms with Crippen molar-refractivity contribution in [2.75, 3.05) is 11.9 Å². The number of carbonyl (C=O) groups is 4. The van der Waals surface area contributed by atoms with Crippen molar-refractivity contribution >= 4 is 41.0 Å². The molecule has 1 atom stereocenters. The zero-order valence-electron chi connectivity index (χ0n) is 21.9. The molecule has 0 saturated carbocycles. The fourth-order valence-corrected chi connectivity index (χ4v) is 3.93. The van der Waals surface area contributed by atoms with E-state index in [1.54, 1.807) is 36.4 Å². The number of halogens is 3. The predicted molar refractivity (Wildman–Crippen MR) is 145 cm³/mol. The Morgan fingerprint density at radius 2 is 1.88 bits per heavy atom. The summed E-state index contributed by atoms with van der Waals surface area (Å²) in [5, 5.41) is 14.1. The van der Waals surface area contributed by atoms with E-state index >= 15 is 0 Å². The minimum absolute atomic E-state index is 0.116. The second-order valence-electron chi connectivity index (χ2n) is 8.97. The number of hydrogen-bond acceptors (Lipinski definition) is 6. The number of carboxylic acid groups (broad SMARTS) is 1. The van der Waals surface area contributed by atoms with Gasteiger partial charge in [0.25, 0.3) is 5.91 Å². The van der Waals surface area contributed by atoms with Gasteiger partial charge in [-0.25, -0.2) is 18.6 Å². The van der Waals surface area contributed by atoms with E-state index in [1.807, 2.05) is 0 Å². The molecule has 1 aromatic heterocycles. The minimum Gasteiger partial charge on any atom is -0.479 e. The van der Waals surface area contributed by atoms with Gasteiger partial charge in [-0.05, 0) is 55.2 Å². The second kappa shape index (κ2) is 14.7. The molecule has 4 N–H and O–H groups in total. The summed E-state index contributed by atoms with van der Waals surface area (Å²) in [6.45, 7) is 0.782. The lowest BCUT2D eigenvalue weighted by Crippen LogP contribution is -2.30. The fraction of sp³-hybridized carbons (Fsp3) is 0.250. The van der Waals surface area contributed by atoms with Crippen LogP contribution in [0.15, 0.2) is 54.7 Å². The Morgan fingerprint density at radius 1 is 1.15 bits per heavy atom. The van der Waals surface area contributed by atoms with Gasteiger partial charge in [0.2, 0.25) is 5.91 Å². The number of benzene rings is 2. The molecule has 1 heterocycles. The summed E-state index contributed by atoms with van der Waals surface area (Å²) < 4.78 is 33.2. The summed E-state index contributed by atoms with van der Waals surface area (Å²) in [7, 11) is 0. The monoisotopic (exact) mass is 588 g/mol. The average molecular weight is 589 g/mol. The number of ether oxygens (including phenoxy) is 1. The summed E-state index contributed by atoms with van der Waals surface area (Å²) in [4.78, 5) is 54.2. The van der Waals surface area contributed by atoms with Crippen LogP contribution in [0.5, 0.6) is 0 Å². The molecule has 216 valence electrons. The van der Waals surface area contributed by atoms with E-state index in [-0.39, 0.29) is 36.1 Å². The van der Waals surface area contributed by atoms with Crippen molar-refractivity contribution in [3.63, 3.8) is 0 Å². The van der Waals surface area contributed by atoms with Crippen LogP contribution in [0, 0.1) is 18.6 Å². The van der Waals surface area contributed by atoms with Gasteiger partial charge in [-0.3, -0.25) is 14.4 Å². The molecule has 0 fully saturated rings. The van der Waals surface area contributed by atoms with Crippen molar-refractivity contribution in [3.05, 3.63) is 94.0 Å². The first-order valence-electron chi connectivity index (χ1n) is 12.4. The Balaban J connectivity index is 1.54. The Bertz CT molecular complexity index is 1440. The molecule has 0 aliphatic heterocycles. The number of rotatable bonds is 13. The van der Waals surface area contributed by atoms with Gasteiger partial charge in [-0.2, -0.15) is 0 Å². The summed E-state index contributed by atoms with van der Waals surface area (Å²) in [5.41, 5.74) is 0.619. The number of nitrogens with zero attached hydrogens (tertiary/aromatic N) is 1. The lowest BCUT2D eigenvalue weighted by molar-refractivity contribution is -0.154. The first-order chi connectivity index (χ1) is 19.5. The van der Waals surface area contributed by atoms with Crippen LogP contribution in [-0.2, 0) is 25.5 Å².